The van der Waals surface area contributed by atoms with Crippen LogP contribution in [0.15, 0.2) is 41.0 Å². The van der Waals surface area contributed by atoms with Crippen LogP contribution in [-0.2, 0) is 9.53 Å². The molecule has 126 valence electrons. The van der Waals surface area contributed by atoms with E-state index >= 15 is 0 Å². The number of carbonyl (C=O) groups excluding carboxylic acids is 1. The molecule has 2 aromatic rings. The van der Waals surface area contributed by atoms with E-state index in [-0.39, 0.29) is 5.97 Å². The van der Waals surface area contributed by atoms with E-state index in [0.29, 0.717) is 11.3 Å². The molecule has 0 spiro atoms. The first-order valence-electron chi connectivity index (χ1n) is 7.70. The second-order valence-electron chi connectivity index (χ2n) is 6.49. The topological polar surface area (TPSA) is 48.7 Å². The molecule has 0 fully saturated rings. The summed E-state index contributed by atoms with van der Waals surface area (Å²) in [6, 6.07) is 9.65. The van der Waals surface area contributed by atoms with Crippen LogP contribution in [0.2, 0.25) is 0 Å². The molecule has 3 rings (SSSR count). The smallest absolute Gasteiger partial charge is 0.336 e. The molecule has 0 saturated carbocycles. The van der Waals surface area contributed by atoms with Gasteiger partial charge >= 0.3 is 5.97 Å². The van der Waals surface area contributed by atoms with E-state index in [2.05, 4.69) is 0 Å². The minimum Gasteiger partial charge on any atom is -0.497 e. The van der Waals surface area contributed by atoms with Crippen LogP contribution in [-0.4, -0.2) is 24.4 Å². The lowest BCUT2D eigenvalue weighted by Gasteiger charge is -2.21. The highest BCUT2D eigenvalue weighted by molar-refractivity contribution is 8.08. The van der Waals surface area contributed by atoms with Gasteiger partial charge in [0.2, 0.25) is 0 Å². The van der Waals surface area contributed by atoms with Crippen molar-refractivity contribution >= 4 is 28.2 Å². The van der Waals surface area contributed by atoms with E-state index in [4.69, 9.17) is 13.9 Å². The lowest BCUT2D eigenvalue weighted by atomic mass is 10.1. The van der Waals surface area contributed by atoms with Crippen LogP contribution in [0.1, 0.15) is 26.3 Å². The van der Waals surface area contributed by atoms with Crippen molar-refractivity contribution in [2.24, 2.45) is 0 Å². The van der Waals surface area contributed by atoms with Crippen LogP contribution in [0.3, 0.4) is 0 Å². The number of ether oxygens (including phenoxy) is 2. The molecular weight excluding hydrogens is 324 g/mol. The Kier molecular flexibility index (Phi) is 4.45. The van der Waals surface area contributed by atoms with Gasteiger partial charge in [-0.05, 0) is 44.5 Å². The fourth-order valence-electron chi connectivity index (χ4n) is 2.48. The van der Waals surface area contributed by atoms with Crippen molar-refractivity contribution in [3.63, 3.8) is 0 Å². The molecule has 0 unspecified atom stereocenters. The Hall–Kier alpha value is -2.14. The number of carbonyl (C=O) groups is 1. The predicted molar refractivity (Wildman–Crippen MR) is 95.2 cm³/mol. The molecule has 0 radical (unpaired) electrons. The molecule has 1 aromatic heterocycles. The summed E-state index contributed by atoms with van der Waals surface area (Å²) in [6.45, 7) is 5.60. The molecule has 1 aromatic carbocycles. The zero-order chi connectivity index (χ0) is 17.3. The van der Waals surface area contributed by atoms with Gasteiger partial charge in [0.1, 0.15) is 16.8 Å². The average Bonchev–Trinajstić information content (AvgIpc) is 3.02. The summed E-state index contributed by atoms with van der Waals surface area (Å²) in [5.41, 5.74) is 1.90. The van der Waals surface area contributed by atoms with E-state index in [1.165, 1.54) is 0 Å². The van der Waals surface area contributed by atoms with Crippen LogP contribution in [0.25, 0.3) is 10.5 Å². The highest BCUT2D eigenvalue weighted by atomic mass is 32.2. The summed E-state index contributed by atoms with van der Waals surface area (Å²) in [7, 11) is 1.64. The molecule has 0 aliphatic carbocycles. The van der Waals surface area contributed by atoms with Gasteiger partial charge < -0.3 is 13.9 Å². The molecular formula is C19H20O4S. The summed E-state index contributed by atoms with van der Waals surface area (Å²) in [6.07, 6.45) is 1.62. The Morgan fingerprint density at radius 2 is 1.88 bits per heavy atom. The lowest BCUT2D eigenvalue weighted by Crippen LogP contribution is -2.35. The van der Waals surface area contributed by atoms with Gasteiger partial charge in [-0.3, -0.25) is 0 Å². The fourth-order valence-corrected chi connectivity index (χ4v) is 3.63. The molecule has 0 amide bonds. The van der Waals surface area contributed by atoms with Crippen molar-refractivity contribution in [2.45, 2.75) is 26.4 Å². The monoisotopic (exact) mass is 344 g/mol. The van der Waals surface area contributed by atoms with Crippen molar-refractivity contribution in [2.75, 3.05) is 12.9 Å². The van der Waals surface area contributed by atoms with Crippen molar-refractivity contribution in [3.05, 3.63) is 52.8 Å². The molecule has 4 nitrogen and oxygen atoms in total. The van der Waals surface area contributed by atoms with Gasteiger partial charge in [0.05, 0.1) is 23.9 Å². The summed E-state index contributed by atoms with van der Waals surface area (Å²) in [4.78, 5) is 13.5. The van der Waals surface area contributed by atoms with Crippen molar-refractivity contribution in [1.82, 2.24) is 0 Å². The highest BCUT2D eigenvalue weighted by Crippen LogP contribution is 2.30. The lowest BCUT2D eigenvalue weighted by molar-refractivity contribution is -0.147. The Labute approximate surface area is 145 Å². The molecule has 5 heteroatoms. The van der Waals surface area contributed by atoms with Crippen LogP contribution < -0.4 is 15.4 Å². The third-order valence-corrected chi connectivity index (χ3v) is 4.70. The van der Waals surface area contributed by atoms with Crippen molar-refractivity contribution in [3.8, 4) is 5.75 Å². The van der Waals surface area contributed by atoms with Gasteiger partial charge in [-0.15, -0.1) is 11.8 Å². The van der Waals surface area contributed by atoms with Crippen LogP contribution in [0.5, 0.6) is 5.75 Å². The number of hydrogen-bond donors (Lipinski definition) is 0. The van der Waals surface area contributed by atoms with Crippen molar-refractivity contribution < 1.29 is 18.7 Å². The van der Waals surface area contributed by atoms with Gasteiger partial charge in [-0.1, -0.05) is 12.1 Å². The number of hydrogen-bond acceptors (Lipinski definition) is 5. The molecule has 0 atom stereocenters. The molecule has 1 aliphatic heterocycles. The van der Waals surface area contributed by atoms with Crippen LogP contribution in [0, 0.1) is 0 Å². The molecule has 2 heterocycles. The van der Waals surface area contributed by atoms with Gasteiger partial charge in [-0.25, -0.2) is 4.79 Å². The van der Waals surface area contributed by atoms with Crippen LogP contribution in [0.4, 0.5) is 0 Å². The summed E-state index contributed by atoms with van der Waals surface area (Å²) < 4.78 is 16.4. The van der Waals surface area contributed by atoms with Gasteiger partial charge in [0.25, 0.3) is 0 Å². The van der Waals surface area contributed by atoms with E-state index < -0.39 is 5.60 Å². The molecule has 24 heavy (non-hydrogen) atoms. The van der Waals surface area contributed by atoms with Gasteiger partial charge in [0.15, 0.2) is 0 Å². The summed E-state index contributed by atoms with van der Waals surface area (Å²) in [5.74, 6) is 1.08. The third-order valence-electron chi connectivity index (χ3n) is 3.55. The number of esters is 1. The first-order chi connectivity index (χ1) is 11.4. The number of furan rings is 1. The minimum atomic E-state index is -0.515. The number of fused-ring (bicyclic) bond motifs is 1. The maximum absolute atomic E-state index is 12.5. The Balaban J connectivity index is 2.09. The second-order valence-corrected chi connectivity index (χ2v) is 7.48. The Bertz CT molecular complexity index is 869. The zero-order valence-electron chi connectivity index (χ0n) is 14.2. The van der Waals surface area contributed by atoms with Crippen LogP contribution >= 0.6 is 11.8 Å². The summed E-state index contributed by atoms with van der Waals surface area (Å²) >= 11 is 1.58. The van der Waals surface area contributed by atoms with Crippen molar-refractivity contribution in [1.29, 1.82) is 0 Å². The van der Waals surface area contributed by atoms with Gasteiger partial charge in [-0.2, -0.15) is 0 Å². The standard InChI is InChI=1S/C19H20O4S/c1-19(2,3)23-18(20)15-11-24-17(16-14(15)9-10-22-16)12-5-7-13(21-4)8-6-12/h5-10H,11H2,1-4H3. The number of thioether (sulfide) groups is 1. The third kappa shape index (κ3) is 3.36. The first-order valence-corrected chi connectivity index (χ1v) is 8.69. The minimum absolute atomic E-state index is 0.286. The molecule has 0 N–H and O–H groups in total. The van der Waals surface area contributed by atoms with E-state index in [1.807, 2.05) is 51.1 Å². The van der Waals surface area contributed by atoms with Gasteiger partial charge in [0, 0.05) is 11.0 Å². The Morgan fingerprint density at radius 3 is 2.50 bits per heavy atom. The first kappa shape index (κ1) is 16.7. The van der Waals surface area contributed by atoms with E-state index in [1.54, 1.807) is 25.1 Å². The molecule has 0 saturated heterocycles. The largest absolute Gasteiger partial charge is 0.497 e. The van der Waals surface area contributed by atoms with E-state index in [0.717, 1.165) is 26.9 Å². The fraction of sp³-hybridized carbons (Fsp3) is 0.316. The quantitative estimate of drug-likeness (QED) is 0.801. The number of benzene rings is 1. The Morgan fingerprint density at radius 1 is 1.17 bits per heavy atom. The molecule has 0 bridgehead atoms. The number of methoxy groups -OCH3 is 1. The molecule has 1 aliphatic rings. The second kappa shape index (κ2) is 6.40. The average molecular weight is 344 g/mol. The SMILES string of the molecule is COc1ccc(C2=c3occc3=C(C(=O)OC(C)(C)C)CS2)cc1. The maximum atomic E-state index is 12.5. The number of rotatable bonds is 3. The predicted octanol–water partition coefficient (Wildman–Crippen LogP) is 2.68. The zero-order valence-corrected chi connectivity index (χ0v) is 15.0. The normalized spacial score (nSPS) is 14.3. The highest BCUT2D eigenvalue weighted by Gasteiger charge is 2.25. The van der Waals surface area contributed by atoms with E-state index in [9.17, 15) is 4.79 Å². The summed E-state index contributed by atoms with van der Waals surface area (Å²) in [5, 5.41) is 0.814. The maximum Gasteiger partial charge on any atom is 0.336 e.